The highest BCUT2D eigenvalue weighted by Crippen LogP contribution is 2.15. The number of unbranched alkanes of at least 4 members (excludes halogenated alkanes) is 28. The lowest BCUT2D eigenvalue weighted by Gasteiger charge is -2.21. The lowest BCUT2D eigenvalue weighted by molar-refractivity contribution is -0.122. The van der Waals surface area contributed by atoms with E-state index in [1.165, 1.54) is 141 Å². The van der Waals surface area contributed by atoms with E-state index in [0.29, 0.717) is 0 Å². The second-order valence-electron chi connectivity index (χ2n) is 14.6. The first-order valence-electron chi connectivity index (χ1n) is 21.0. The Morgan fingerprint density at radius 3 is 1.24 bits per heavy atom. The maximum absolute atomic E-state index is 12.5. The van der Waals surface area contributed by atoms with Crippen molar-refractivity contribution in [3.63, 3.8) is 0 Å². The van der Waals surface area contributed by atoms with Gasteiger partial charge >= 0.3 is 0 Å². The molecular formula is C42H81NO5S. The Hall–Kier alpha value is -1.18. The molecule has 0 radical (unpaired) electrons. The fraction of sp³-hybridized carbons (Fsp3) is 0.881. The summed E-state index contributed by atoms with van der Waals surface area (Å²) in [5.41, 5.74) is 0. The standard InChI is InChI=1S/C42H81NO5S/c1-3-5-7-9-11-13-15-17-18-19-20-21-22-23-24-26-27-29-31-33-35-37-41(44)40(39-49(46,47)48)43-42(45)38-36-34-32-30-28-25-16-14-12-10-8-6-4-2/h14,16,35,37,40-41,44H,3-13,15,17-34,36,38-39H2,1-2H3,(H,43,45)(H,46,47,48)/b16-14-,37-35+. The molecule has 290 valence electrons. The van der Waals surface area contributed by atoms with Gasteiger partial charge in [0.15, 0.2) is 0 Å². The fourth-order valence-electron chi connectivity index (χ4n) is 6.44. The number of allylic oxidation sites excluding steroid dienone is 3. The van der Waals surface area contributed by atoms with Gasteiger partial charge in [-0.05, 0) is 44.9 Å². The Morgan fingerprint density at radius 1 is 0.531 bits per heavy atom. The summed E-state index contributed by atoms with van der Waals surface area (Å²) in [4.78, 5) is 12.5. The quantitative estimate of drug-likeness (QED) is 0.0336. The van der Waals surface area contributed by atoms with E-state index < -0.39 is 28.0 Å². The van der Waals surface area contributed by atoms with E-state index in [1.807, 2.05) is 6.08 Å². The van der Waals surface area contributed by atoms with Crippen molar-refractivity contribution in [1.82, 2.24) is 5.32 Å². The number of hydrogen-bond donors (Lipinski definition) is 3. The first-order valence-corrected chi connectivity index (χ1v) is 22.6. The van der Waals surface area contributed by atoms with Crippen LogP contribution in [0.5, 0.6) is 0 Å². The van der Waals surface area contributed by atoms with Crippen LogP contribution in [0.4, 0.5) is 0 Å². The van der Waals surface area contributed by atoms with Gasteiger partial charge in [-0.1, -0.05) is 192 Å². The normalized spacial score (nSPS) is 13.5. The number of aliphatic hydroxyl groups excluding tert-OH is 1. The van der Waals surface area contributed by atoms with E-state index in [4.69, 9.17) is 0 Å². The molecule has 0 fully saturated rings. The third-order valence-electron chi connectivity index (χ3n) is 9.62. The van der Waals surface area contributed by atoms with Crippen molar-refractivity contribution >= 4 is 16.0 Å². The van der Waals surface area contributed by atoms with Gasteiger partial charge < -0.3 is 10.4 Å². The van der Waals surface area contributed by atoms with Gasteiger partial charge in [0.25, 0.3) is 10.1 Å². The maximum Gasteiger partial charge on any atom is 0.267 e. The van der Waals surface area contributed by atoms with Crippen LogP contribution in [-0.2, 0) is 14.9 Å². The van der Waals surface area contributed by atoms with Crippen molar-refractivity contribution in [1.29, 1.82) is 0 Å². The zero-order valence-electron chi connectivity index (χ0n) is 32.3. The molecule has 0 aromatic carbocycles. The monoisotopic (exact) mass is 712 g/mol. The number of nitrogens with one attached hydrogen (secondary N) is 1. The molecule has 1 amide bonds. The van der Waals surface area contributed by atoms with Gasteiger partial charge in [0, 0.05) is 6.42 Å². The van der Waals surface area contributed by atoms with Crippen LogP contribution >= 0.6 is 0 Å². The lowest BCUT2D eigenvalue weighted by Crippen LogP contribution is -2.46. The van der Waals surface area contributed by atoms with Gasteiger partial charge in [0.2, 0.25) is 5.91 Å². The van der Waals surface area contributed by atoms with Gasteiger partial charge in [-0.25, -0.2) is 0 Å². The lowest BCUT2D eigenvalue weighted by atomic mass is 10.0. The zero-order valence-corrected chi connectivity index (χ0v) is 33.1. The summed E-state index contributed by atoms with van der Waals surface area (Å²) < 4.78 is 32.5. The van der Waals surface area contributed by atoms with Crippen LogP contribution in [0.2, 0.25) is 0 Å². The maximum atomic E-state index is 12.5. The van der Waals surface area contributed by atoms with Gasteiger partial charge in [-0.3, -0.25) is 9.35 Å². The molecule has 0 spiro atoms. The molecule has 6 nitrogen and oxygen atoms in total. The number of hydrogen-bond acceptors (Lipinski definition) is 4. The molecule has 0 rings (SSSR count). The minimum absolute atomic E-state index is 0.286. The molecule has 49 heavy (non-hydrogen) atoms. The number of rotatable bonds is 38. The van der Waals surface area contributed by atoms with Crippen LogP contribution in [0.3, 0.4) is 0 Å². The number of aliphatic hydroxyl groups is 1. The Morgan fingerprint density at radius 2 is 0.857 bits per heavy atom. The van der Waals surface area contributed by atoms with E-state index in [2.05, 4.69) is 31.3 Å². The van der Waals surface area contributed by atoms with Crippen LogP contribution in [0.25, 0.3) is 0 Å². The molecule has 0 saturated carbocycles. The van der Waals surface area contributed by atoms with E-state index >= 15 is 0 Å². The summed E-state index contributed by atoms with van der Waals surface area (Å²) in [5.74, 6) is -0.985. The van der Waals surface area contributed by atoms with E-state index in [0.717, 1.165) is 57.8 Å². The Bertz CT molecular complexity index is 872. The molecule has 2 atom stereocenters. The second-order valence-corrected chi connectivity index (χ2v) is 16.1. The summed E-state index contributed by atoms with van der Waals surface area (Å²) in [6, 6.07) is -1.06. The van der Waals surface area contributed by atoms with Gasteiger partial charge in [-0.15, -0.1) is 0 Å². The average Bonchev–Trinajstić information content (AvgIpc) is 3.06. The van der Waals surface area contributed by atoms with Crippen LogP contribution in [0.1, 0.15) is 219 Å². The molecular weight excluding hydrogens is 631 g/mol. The molecule has 0 heterocycles. The Kier molecular flexibility index (Phi) is 35.7. The van der Waals surface area contributed by atoms with Crippen LogP contribution < -0.4 is 5.32 Å². The Labute approximate surface area is 304 Å². The van der Waals surface area contributed by atoms with Crippen molar-refractivity contribution in [3.05, 3.63) is 24.3 Å². The average molecular weight is 712 g/mol. The third-order valence-corrected chi connectivity index (χ3v) is 10.4. The zero-order chi connectivity index (χ0) is 36.1. The summed E-state index contributed by atoms with van der Waals surface area (Å²) >= 11 is 0. The second kappa shape index (κ2) is 36.6. The predicted molar refractivity (Wildman–Crippen MR) is 212 cm³/mol. The molecule has 7 heteroatoms. The van der Waals surface area contributed by atoms with Crippen molar-refractivity contribution in [3.8, 4) is 0 Å². The highest BCUT2D eigenvalue weighted by atomic mass is 32.2. The van der Waals surface area contributed by atoms with Crippen molar-refractivity contribution in [2.75, 3.05) is 5.75 Å². The SMILES string of the molecule is CCCCCC/C=C\CCCCCCCC(=O)NC(CS(=O)(=O)O)C(O)/C=C/CCCCCCCCCCCCCCCCCCCCC. The molecule has 0 aliphatic carbocycles. The molecule has 0 bridgehead atoms. The third kappa shape index (κ3) is 37.9. The van der Waals surface area contributed by atoms with E-state index in [-0.39, 0.29) is 12.3 Å². The minimum Gasteiger partial charge on any atom is -0.387 e. The van der Waals surface area contributed by atoms with Crippen LogP contribution in [0, 0.1) is 0 Å². The fourth-order valence-corrected chi connectivity index (χ4v) is 7.18. The van der Waals surface area contributed by atoms with Crippen molar-refractivity contribution in [2.24, 2.45) is 0 Å². The number of amides is 1. The summed E-state index contributed by atoms with van der Waals surface area (Å²) in [7, 11) is -4.34. The number of carbonyl (C=O) groups is 1. The molecule has 0 aromatic heterocycles. The first kappa shape index (κ1) is 47.8. The van der Waals surface area contributed by atoms with Gasteiger partial charge in [0.1, 0.15) is 0 Å². The molecule has 3 N–H and O–H groups in total. The van der Waals surface area contributed by atoms with E-state index in [1.54, 1.807) is 6.08 Å². The topological polar surface area (TPSA) is 104 Å². The highest BCUT2D eigenvalue weighted by Gasteiger charge is 2.24. The largest absolute Gasteiger partial charge is 0.387 e. The van der Waals surface area contributed by atoms with Gasteiger partial charge in [0.05, 0.1) is 17.9 Å². The highest BCUT2D eigenvalue weighted by molar-refractivity contribution is 7.85. The molecule has 0 saturated heterocycles. The molecule has 0 aliphatic rings. The summed E-state index contributed by atoms with van der Waals surface area (Å²) in [5, 5.41) is 13.2. The van der Waals surface area contributed by atoms with Crippen LogP contribution in [-0.4, -0.2) is 41.9 Å². The molecule has 2 unspecified atom stereocenters. The summed E-state index contributed by atoms with van der Waals surface area (Å²) in [6.07, 6.45) is 46.0. The van der Waals surface area contributed by atoms with Crippen molar-refractivity contribution < 1.29 is 22.9 Å². The van der Waals surface area contributed by atoms with Crippen LogP contribution in [0.15, 0.2) is 24.3 Å². The Balaban J connectivity index is 3.87. The molecule has 0 aliphatic heterocycles. The number of carbonyl (C=O) groups excluding carboxylic acids is 1. The van der Waals surface area contributed by atoms with Gasteiger partial charge in [-0.2, -0.15) is 8.42 Å². The minimum atomic E-state index is -4.34. The predicted octanol–water partition coefficient (Wildman–Crippen LogP) is 12.4. The van der Waals surface area contributed by atoms with E-state index in [9.17, 15) is 22.9 Å². The molecule has 0 aromatic rings. The summed E-state index contributed by atoms with van der Waals surface area (Å²) in [6.45, 7) is 4.51. The smallest absolute Gasteiger partial charge is 0.267 e. The van der Waals surface area contributed by atoms with Crippen molar-refractivity contribution in [2.45, 2.75) is 231 Å². The first-order chi connectivity index (χ1) is 23.8.